The number of rotatable bonds is 11. The van der Waals surface area contributed by atoms with E-state index in [4.69, 9.17) is 28.1 Å². The summed E-state index contributed by atoms with van der Waals surface area (Å²) in [5, 5.41) is 0. The fourth-order valence-electron chi connectivity index (χ4n) is 5.08. The van der Waals surface area contributed by atoms with E-state index >= 15 is 0 Å². The van der Waals surface area contributed by atoms with Gasteiger partial charge in [-0.1, -0.05) is 45.9 Å². The summed E-state index contributed by atoms with van der Waals surface area (Å²) in [4.78, 5) is 0. The largest absolute Gasteiger partial charge is 0.497 e. The average molecular weight is 493 g/mol. The summed E-state index contributed by atoms with van der Waals surface area (Å²) in [5.74, 6) is 0.439. The Hall–Kier alpha value is -1.22. The number of hydrogen-bond acceptors (Lipinski definition) is 6. The molecule has 0 radical (unpaired) electrons. The number of hydrogen-bond donors (Lipinski definition) is 0. The van der Waals surface area contributed by atoms with Crippen LogP contribution in [-0.4, -0.2) is 52.2 Å². The molecule has 6 nitrogen and oxygen atoms in total. The molecule has 0 unspecified atom stereocenters. The van der Waals surface area contributed by atoms with Crippen LogP contribution in [0.15, 0.2) is 36.9 Å². The van der Waals surface area contributed by atoms with Gasteiger partial charge < -0.3 is 28.1 Å². The van der Waals surface area contributed by atoms with E-state index in [1.807, 2.05) is 44.2 Å². The van der Waals surface area contributed by atoms with Crippen molar-refractivity contribution in [3.05, 3.63) is 42.5 Å². The van der Waals surface area contributed by atoms with E-state index < -0.39 is 20.4 Å². The van der Waals surface area contributed by atoms with Crippen LogP contribution in [0.2, 0.25) is 18.1 Å². The standard InChI is InChI=1S/C27H44O6Si/c1-9-23-25(33-34(10-2,11-3)12-4)24(19(5)17-22-18-29-27(6,7)32-22)31-26(30-23)20-13-15-21(28-8)16-14-20/h9,13-16,19,22-26H,1,10-12,17-18H2,2-8H3/t19-,22-,23-,24+,25-,26-/m1/s1. The first-order valence-corrected chi connectivity index (χ1v) is 15.3. The maximum Gasteiger partial charge on any atom is 0.192 e. The van der Waals surface area contributed by atoms with Crippen molar-refractivity contribution in [1.29, 1.82) is 0 Å². The third-order valence-corrected chi connectivity index (χ3v) is 12.0. The minimum atomic E-state index is -1.91. The summed E-state index contributed by atoms with van der Waals surface area (Å²) in [7, 11) is -0.248. The number of ether oxygens (including phenoxy) is 5. The molecule has 2 aliphatic rings. The van der Waals surface area contributed by atoms with Crippen LogP contribution in [0.1, 0.15) is 59.8 Å². The predicted molar refractivity (Wildman–Crippen MR) is 136 cm³/mol. The third kappa shape index (κ3) is 6.31. The Morgan fingerprint density at radius 1 is 1.12 bits per heavy atom. The summed E-state index contributed by atoms with van der Waals surface area (Å²) < 4.78 is 37.4. The summed E-state index contributed by atoms with van der Waals surface area (Å²) >= 11 is 0. The molecule has 1 aromatic carbocycles. The van der Waals surface area contributed by atoms with Gasteiger partial charge in [0.25, 0.3) is 0 Å². The van der Waals surface area contributed by atoms with Gasteiger partial charge in [0.1, 0.15) is 18.0 Å². The SMILES string of the molecule is C=C[C@H]1O[C@@H](c2ccc(OC)cc2)O[C@@H]([C@H](C)C[C@@H]2COC(C)(C)O2)[C@@H]1O[Si](CC)(CC)CC. The van der Waals surface area contributed by atoms with E-state index in [1.54, 1.807) is 7.11 Å². The molecule has 192 valence electrons. The van der Waals surface area contributed by atoms with Crippen molar-refractivity contribution < 1.29 is 28.1 Å². The van der Waals surface area contributed by atoms with Crippen molar-refractivity contribution in [1.82, 2.24) is 0 Å². The van der Waals surface area contributed by atoms with Gasteiger partial charge in [0, 0.05) is 5.56 Å². The van der Waals surface area contributed by atoms with Gasteiger partial charge >= 0.3 is 0 Å². The van der Waals surface area contributed by atoms with Crippen LogP contribution in [-0.2, 0) is 23.4 Å². The monoisotopic (exact) mass is 492 g/mol. The Kier molecular flexibility index (Phi) is 9.40. The fourth-order valence-corrected chi connectivity index (χ4v) is 7.92. The highest BCUT2D eigenvalue weighted by Crippen LogP contribution is 2.40. The second-order valence-corrected chi connectivity index (χ2v) is 14.8. The molecule has 3 rings (SSSR count). The third-order valence-electron chi connectivity index (χ3n) is 7.41. The van der Waals surface area contributed by atoms with E-state index in [1.165, 1.54) is 0 Å². The predicted octanol–water partition coefficient (Wildman–Crippen LogP) is 6.23. The van der Waals surface area contributed by atoms with Crippen LogP contribution >= 0.6 is 0 Å². The molecular weight excluding hydrogens is 448 g/mol. The van der Waals surface area contributed by atoms with Crippen LogP contribution in [0.4, 0.5) is 0 Å². The molecule has 7 heteroatoms. The molecule has 2 aliphatic heterocycles. The van der Waals surface area contributed by atoms with Crippen LogP contribution in [0.3, 0.4) is 0 Å². The first kappa shape index (κ1) is 27.4. The van der Waals surface area contributed by atoms with Gasteiger partial charge in [-0.2, -0.15) is 0 Å². The Bertz CT molecular complexity index is 770. The zero-order valence-corrected chi connectivity index (χ0v) is 23.0. The van der Waals surface area contributed by atoms with E-state index in [0.717, 1.165) is 35.9 Å². The molecule has 2 fully saturated rings. The zero-order valence-electron chi connectivity index (χ0n) is 22.0. The minimum Gasteiger partial charge on any atom is -0.497 e. The highest BCUT2D eigenvalue weighted by molar-refractivity contribution is 6.73. The summed E-state index contributed by atoms with van der Waals surface area (Å²) in [6.07, 6.45) is 1.61. The molecule has 2 heterocycles. The van der Waals surface area contributed by atoms with Crippen LogP contribution in [0.5, 0.6) is 5.75 Å². The van der Waals surface area contributed by atoms with Gasteiger partial charge in [0.05, 0.1) is 25.9 Å². The quantitative estimate of drug-likeness (QED) is 0.269. The smallest absolute Gasteiger partial charge is 0.192 e. The Morgan fingerprint density at radius 2 is 1.76 bits per heavy atom. The molecule has 0 aromatic heterocycles. The zero-order chi connectivity index (χ0) is 24.9. The van der Waals surface area contributed by atoms with E-state index in [9.17, 15) is 0 Å². The Balaban J connectivity index is 1.87. The topological polar surface area (TPSA) is 55.4 Å². The maximum atomic E-state index is 7.02. The van der Waals surface area contributed by atoms with E-state index in [0.29, 0.717) is 6.61 Å². The Morgan fingerprint density at radius 3 is 2.26 bits per heavy atom. The maximum absolute atomic E-state index is 7.02. The first-order valence-electron chi connectivity index (χ1n) is 12.8. The number of benzene rings is 1. The summed E-state index contributed by atoms with van der Waals surface area (Å²) in [6, 6.07) is 11.0. The van der Waals surface area contributed by atoms with Crippen molar-refractivity contribution in [3.8, 4) is 5.75 Å². The molecule has 0 bridgehead atoms. The van der Waals surface area contributed by atoms with Crippen molar-refractivity contribution in [3.63, 3.8) is 0 Å². The first-order chi connectivity index (χ1) is 16.2. The number of methoxy groups -OCH3 is 1. The lowest BCUT2D eigenvalue weighted by atomic mass is 9.90. The normalized spacial score (nSPS) is 30.1. The molecule has 1 aromatic rings. The fraction of sp³-hybridized carbons (Fsp3) is 0.704. The van der Waals surface area contributed by atoms with Crippen LogP contribution in [0, 0.1) is 5.92 Å². The average Bonchev–Trinajstić information content (AvgIpc) is 3.20. The van der Waals surface area contributed by atoms with Crippen molar-refractivity contribution in [2.24, 2.45) is 5.92 Å². The lowest BCUT2D eigenvalue weighted by Gasteiger charge is -2.47. The van der Waals surface area contributed by atoms with E-state index in [-0.39, 0.29) is 30.3 Å². The van der Waals surface area contributed by atoms with Gasteiger partial charge in [0.15, 0.2) is 20.4 Å². The molecule has 0 saturated carbocycles. The molecule has 0 aliphatic carbocycles. The molecule has 2 saturated heterocycles. The van der Waals surface area contributed by atoms with Gasteiger partial charge in [-0.15, -0.1) is 6.58 Å². The molecule has 0 amide bonds. The Labute approximate surface area is 207 Å². The van der Waals surface area contributed by atoms with Gasteiger partial charge in [0.2, 0.25) is 0 Å². The molecule has 34 heavy (non-hydrogen) atoms. The van der Waals surface area contributed by atoms with Crippen LogP contribution < -0.4 is 4.74 Å². The van der Waals surface area contributed by atoms with Crippen LogP contribution in [0.25, 0.3) is 0 Å². The highest BCUT2D eigenvalue weighted by Gasteiger charge is 2.47. The summed E-state index contributed by atoms with van der Waals surface area (Å²) in [6.45, 7) is 17.6. The van der Waals surface area contributed by atoms with Crippen molar-refractivity contribution in [2.45, 2.75) is 103 Å². The lowest BCUT2D eigenvalue weighted by Crippen LogP contribution is -2.56. The van der Waals surface area contributed by atoms with Gasteiger partial charge in [-0.05, 0) is 56.5 Å². The molecule has 6 atom stereocenters. The second kappa shape index (κ2) is 11.7. The summed E-state index contributed by atoms with van der Waals surface area (Å²) in [5.41, 5.74) is 0.954. The molecule has 0 spiro atoms. The second-order valence-electron chi connectivity index (χ2n) is 10.0. The molecule has 0 N–H and O–H groups in total. The van der Waals surface area contributed by atoms with E-state index in [2.05, 4.69) is 34.3 Å². The highest BCUT2D eigenvalue weighted by atomic mass is 28.4. The minimum absolute atomic E-state index is 0.0317. The van der Waals surface area contributed by atoms with Gasteiger partial charge in [-0.3, -0.25) is 0 Å². The van der Waals surface area contributed by atoms with Crippen molar-refractivity contribution >= 4 is 8.32 Å². The van der Waals surface area contributed by atoms with Gasteiger partial charge in [-0.25, -0.2) is 0 Å². The van der Waals surface area contributed by atoms with Crippen molar-refractivity contribution in [2.75, 3.05) is 13.7 Å². The lowest BCUT2D eigenvalue weighted by molar-refractivity contribution is -0.285. The molecular formula is C27H44O6Si.